The Labute approximate surface area is 61.7 Å². The zero-order chi connectivity index (χ0) is 6.69. The summed E-state index contributed by atoms with van der Waals surface area (Å²) in [6, 6.07) is 0. The van der Waals surface area contributed by atoms with E-state index in [0.29, 0.717) is 0 Å². The van der Waals surface area contributed by atoms with Gasteiger partial charge < -0.3 is 0 Å². The molecule has 0 aromatic heterocycles. The fraction of sp³-hybridized carbons (Fsp3) is 0.750. The molecule has 52 valence electrons. The molecule has 9 heavy (non-hydrogen) atoms. The van der Waals surface area contributed by atoms with Gasteiger partial charge >= 0.3 is 0 Å². The van der Waals surface area contributed by atoms with E-state index in [1.807, 2.05) is 11.8 Å². The molecule has 0 radical (unpaired) electrons. The Bertz CT molecular complexity index is 119. The Hall–Kier alpha value is 0.0900. The molecule has 0 bridgehead atoms. The zero-order valence-electron chi connectivity index (χ0n) is 6.24. The van der Waals surface area contributed by atoms with Crippen LogP contribution >= 0.6 is 11.8 Å². The average molecular weight is 142 g/mol. The summed E-state index contributed by atoms with van der Waals surface area (Å²) in [4.78, 5) is 0. The van der Waals surface area contributed by atoms with Crippen molar-refractivity contribution in [3.8, 4) is 0 Å². The molecule has 1 aliphatic carbocycles. The Morgan fingerprint density at radius 3 is 2.67 bits per heavy atom. The van der Waals surface area contributed by atoms with Crippen molar-refractivity contribution in [3.05, 3.63) is 11.1 Å². The third kappa shape index (κ3) is 2.44. The molecule has 0 spiro atoms. The van der Waals surface area contributed by atoms with Gasteiger partial charge in [0.1, 0.15) is 0 Å². The minimum absolute atomic E-state index is 1.25. The summed E-state index contributed by atoms with van der Waals surface area (Å²) < 4.78 is 0. The lowest BCUT2D eigenvalue weighted by Crippen LogP contribution is -1.80. The predicted molar refractivity (Wildman–Crippen MR) is 44.9 cm³/mol. The second kappa shape index (κ2) is 3.31. The maximum absolute atomic E-state index is 2.27. The molecule has 1 aliphatic rings. The monoisotopic (exact) mass is 142 g/mol. The summed E-state index contributed by atoms with van der Waals surface area (Å²) in [5, 5.41) is 0. The van der Waals surface area contributed by atoms with E-state index in [-0.39, 0.29) is 0 Å². The number of allylic oxidation sites excluding steroid dienone is 1. The quantitative estimate of drug-likeness (QED) is 0.546. The van der Waals surface area contributed by atoms with E-state index in [1.54, 1.807) is 11.1 Å². The summed E-state index contributed by atoms with van der Waals surface area (Å²) in [7, 11) is 0. The molecule has 0 saturated heterocycles. The van der Waals surface area contributed by atoms with Crippen LogP contribution in [0.2, 0.25) is 0 Å². The summed E-state index contributed by atoms with van der Waals surface area (Å²) >= 11 is 2.03. The summed E-state index contributed by atoms with van der Waals surface area (Å²) in [6.45, 7) is 4.49. The van der Waals surface area contributed by atoms with E-state index in [0.717, 1.165) is 0 Å². The fourth-order valence-corrected chi connectivity index (χ4v) is 1.56. The normalized spacial score (nSPS) is 16.0. The summed E-state index contributed by atoms with van der Waals surface area (Å²) in [5.41, 5.74) is 3.36. The highest BCUT2D eigenvalue weighted by atomic mass is 32.2. The lowest BCUT2D eigenvalue weighted by molar-refractivity contribution is 1.36. The van der Waals surface area contributed by atoms with E-state index < -0.39 is 0 Å². The van der Waals surface area contributed by atoms with Crippen molar-refractivity contribution in [2.24, 2.45) is 0 Å². The van der Waals surface area contributed by atoms with Crippen molar-refractivity contribution < 1.29 is 0 Å². The number of thioether (sulfide) groups is 1. The molecule has 0 unspecified atom stereocenters. The van der Waals surface area contributed by atoms with E-state index >= 15 is 0 Å². The van der Waals surface area contributed by atoms with Crippen LogP contribution in [0.3, 0.4) is 0 Å². The molecule has 0 aromatic carbocycles. The van der Waals surface area contributed by atoms with Crippen molar-refractivity contribution in [1.82, 2.24) is 0 Å². The van der Waals surface area contributed by atoms with Crippen LogP contribution in [0, 0.1) is 0 Å². The first-order chi connectivity index (χ1) is 4.34. The highest BCUT2D eigenvalue weighted by molar-refractivity contribution is 7.99. The molecule has 0 amide bonds. The van der Waals surface area contributed by atoms with Crippen LogP contribution in [0.15, 0.2) is 11.1 Å². The first-order valence-corrected chi connectivity index (χ1v) is 4.75. The Kier molecular flexibility index (Phi) is 2.65. The van der Waals surface area contributed by atoms with Crippen LogP contribution in [-0.4, -0.2) is 11.5 Å². The van der Waals surface area contributed by atoms with Gasteiger partial charge in [0.2, 0.25) is 0 Å². The van der Waals surface area contributed by atoms with Crippen LogP contribution in [0.4, 0.5) is 0 Å². The molecule has 1 heteroatoms. The van der Waals surface area contributed by atoms with Crippen molar-refractivity contribution in [2.75, 3.05) is 11.5 Å². The van der Waals surface area contributed by atoms with Gasteiger partial charge in [-0.1, -0.05) is 18.1 Å². The van der Waals surface area contributed by atoms with E-state index in [1.165, 1.54) is 24.3 Å². The van der Waals surface area contributed by atoms with Gasteiger partial charge in [0.15, 0.2) is 0 Å². The topological polar surface area (TPSA) is 0 Å². The smallest absolute Gasteiger partial charge is 0.0143 e. The average Bonchev–Trinajstić information content (AvgIpc) is 2.63. The van der Waals surface area contributed by atoms with Crippen LogP contribution in [0.1, 0.15) is 26.7 Å². The molecule has 0 aromatic rings. The zero-order valence-corrected chi connectivity index (χ0v) is 7.05. The highest BCUT2D eigenvalue weighted by Gasteiger charge is 2.13. The molecule has 0 atom stereocenters. The van der Waals surface area contributed by atoms with Crippen molar-refractivity contribution in [1.29, 1.82) is 0 Å². The summed E-state index contributed by atoms with van der Waals surface area (Å²) in [5.74, 6) is 2.52. The first-order valence-electron chi connectivity index (χ1n) is 3.60. The first kappa shape index (κ1) is 7.20. The molecular formula is C8H14S. The van der Waals surface area contributed by atoms with Crippen LogP contribution in [0.5, 0.6) is 0 Å². The third-order valence-electron chi connectivity index (χ3n) is 1.63. The second-order valence-corrected chi connectivity index (χ2v) is 3.80. The molecule has 1 rings (SSSR count). The van der Waals surface area contributed by atoms with Gasteiger partial charge in [-0.25, -0.2) is 0 Å². The maximum atomic E-state index is 2.27. The van der Waals surface area contributed by atoms with Crippen molar-refractivity contribution in [2.45, 2.75) is 26.7 Å². The Morgan fingerprint density at radius 1 is 1.56 bits per heavy atom. The number of hydrogen-bond donors (Lipinski definition) is 0. The lowest BCUT2D eigenvalue weighted by atomic mass is 10.3. The SMILES string of the molecule is CCSCC(C)=C1CC1. The molecule has 1 saturated carbocycles. The number of rotatable bonds is 3. The van der Waals surface area contributed by atoms with Crippen LogP contribution in [0.25, 0.3) is 0 Å². The van der Waals surface area contributed by atoms with E-state index in [4.69, 9.17) is 0 Å². The largest absolute Gasteiger partial charge is 0.158 e. The van der Waals surface area contributed by atoms with E-state index in [2.05, 4.69) is 13.8 Å². The number of hydrogen-bond acceptors (Lipinski definition) is 1. The van der Waals surface area contributed by atoms with Gasteiger partial charge in [-0.2, -0.15) is 11.8 Å². The molecule has 0 nitrogen and oxygen atoms in total. The molecule has 1 fully saturated rings. The molecule has 0 N–H and O–H groups in total. The minimum atomic E-state index is 1.25. The highest BCUT2D eigenvalue weighted by Crippen LogP contribution is 2.32. The van der Waals surface area contributed by atoms with Crippen molar-refractivity contribution >= 4 is 11.8 Å². The van der Waals surface area contributed by atoms with Crippen LogP contribution < -0.4 is 0 Å². The van der Waals surface area contributed by atoms with Gasteiger partial charge in [0.05, 0.1) is 0 Å². The van der Waals surface area contributed by atoms with Gasteiger partial charge in [-0.3, -0.25) is 0 Å². The lowest BCUT2D eigenvalue weighted by Gasteiger charge is -1.95. The fourth-order valence-electron chi connectivity index (χ4n) is 0.846. The summed E-state index contributed by atoms with van der Waals surface area (Å²) in [6.07, 6.45) is 2.77. The van der Waals surface area contributed by atoms with Crippen LogP contribution in [-0.2, 0) is 0 Å². The van der Waals surface area contributed by atoms with Gasteiger partial charge in [-0.15, -0.1) is 0 Å². The molecule has 0 heterocycles. The standard InChI is InChI=1S/C8H14S/c1-3-9-6-7(2)8-4-5-8/h3-6H2,1-2H3. The second-order valence-electron chi connectivity index (χ2n) is 2.52. The van der Waals surface area contributed by atoms with E-state index in [9.17, 15) is 0 Å². The Morgan fingerprint density at radius 2 is 2.22 bits per heavy atom. The Balaban J connectivity index is 2.18. The molecular weight excluding hydrogens is 128 g/mol. The van der Waals surface area contributed by atoms with Crippen molar-refractivity contribution in [3.63, 3.8) is 0 Å². The van der Waals surface area contributed by atoms with Gasteiger partial charge in [0, 0.05) is 5.75 Å². The predicted octanol–water partition coefficient (Wildman–Crippen LogP) is 2.85. The minimum Gasteiger partial charge on any atom is -0.158 e. The van der Waals surface area contributed by atoms with Gasteiger partial charge in [0.25, 0.3) is 0 Å². The van der Waals surface area contributed by atoms with Gasteiger partial charge in [-0.05, 0) is 25.5 Å². The molecule has 0 aliphatic heterocycles. The maximum Gasteiger partial charge on any atom is 0.0143 e. The third-order valence-corrected chi connectivity index (χ3v) is 2.67.